The van der Waals surface area contributed by atoms with Gasteiger partial charge in [0.1, 0.15) is 6.04 Å². The topological polar surface area (TPSA) is 98.7 Å². The van der Waals surface area contributed by atoms with Crippen molar-refractivity contribution in [2.75, 3.05) is 19.7 Å². The number of hydrogen-bond acceptors (Lipinski definition) is 5. The molecule has 3 aliphatic rings. The molecule has 3 fully saturated rings. The SMILES string of the molecule is CCCNC(=O)[C@@H]1[C@H]2C(=O)N(CCO)C(C(=O)NC(C)CCC)C23S[C@@H]1CC3C. The lowest BCUT2D eigenvalue weighted by Crippen LogP contribution is -2.57. The van der Waals surface area contributed by atoms with E-state index < -0.39 is 22.6 Å². The third-order valence-corrected chi connectivity index (χ3v) is 8.87. The van der Waals surface area contributed by atoms with Crippen molar-refractivity contribution in [3.8, 4) is 0 Å². The number of rotatable bonds is 9. The van der Waals surface area contributed by atoms with Crippen molar-refractivity contribution in [2.24, 2.45) is 17.8 Å². The van der Waals surface area contributed by atoms with Crippen molar-refractivity contribution < 1.29 is 19.5 Å². The quantitative estimate of drug-likeness (QED) is 0.515. The molecule has 0 aromatic rings. The number of carbonyl (C=O) groups excluding carboxylic acids is 3. The Morgan fingerprint density at radius 3 is 2.66 bits per heavy atom. The Morgan fingerprint density at radius 2 is 2.03 bits per heavy atom. The molecule has 0 saturated carbocycles. The summed E-state index contributed by atoms with van der Waals surface area (Å²) in [6.07, 6.45) is 3.51. The van der Waals surface area contributed by atoms with Crippen LogP contribution < -0.4 is 10.6 Å². The summed E-state index contributed by atoms with van der Waals surface area (Å²) >= 11 is 1.67. The van der Waals surface area contributed by atoms with Gasteiger partial charge in [-0.15, -0.1) is 11.8 Å². The lowest BCUT2D eigenvalue weighted by atomic mass is 9.66. The highest BCUT2D eigenvalue weighted by molar-refractivity contribution is 8.02. The van der Waals surface area contributed by atoms with Crippen LogP contribution in [0.3, 0.4) is 0 Å². The van der Waals surface area contributed by atoms with Gasteiger partial charge in [0.2, 0.25) is 17.7 Å². The zero-order chi connectivity index (χ0) is 21.3. The van der Waals surface area contributed by atoms with Crippen LogP contribution in [0.5, 0.6) is 0 Å². The molecule has 3 saturated heterocycles. The van der Waals surface area contributed by atoms with Crippen LogP contribution in [0.2, 0.25) is 0 Å². The van der Waals surface area contributed by atoms with Gasteiger partial charge in [-0.1, -0.05) is 27.2 Å². The fourth-order valence-corrected chi connectivity index (χ4v) is 8.08. The Bertz CT molecular complexity index is 660. The van der Waals surface area contributed by atoms with Gasteiger partial charge in [0, 0.05) is 24.4 Å². The minimum atomic E-state index is -0.638. The van der Waals surface area contributed by atoms with Crippen molar-refractivity contribution in [3.63, 3.8) is 0 Å². The van der Waals surface area contributed by atoms with Crippen molar-refractivity contribution >= 4 is 29.5 Å². The van der Waals surface area contributed by atoms with E-state index in [4.69, 9.17) is 0 Å². The lowest BCUT2D eigenvalue weighted by molar-refractivity contribution is -0.140. The van der Waals surface area contributed by atoms with Gasteiger partial charge >= 0.3 is 0 Å². The molecule has 3 aliphatic heterocycles. The fraction of sp³-hybridized carbons (Fsp3) is 0.857. The molecule has 0 aliphatic carbocycles. The second kappa shape index (κ2) is 8.84. The van der Waals surface area contributed by atoms with E-state index in [9.17, 15) is 19.5 Å². The molecule has 1 spiro atoms. The molecule has 2 bridgehead atoms. The van der Waals surface area contributed by atoms with Crippen LogP contribution in [0.1, 0.15) is 53.4 Å². The van der Waals surface area contributed by atoms with E-state index in [2.05, 4.69) is 24.5 Å². The highest BCUT2D eigenvalue weighted by Gasteiger charge is 2.75. The smallest absolute Gasteiger partial charge is 0.244 e. The average molecular weight is 426 g/mol. The van der Waals surface area contributed by atoms with Gasteiger partial charge in [0.15, 0.2) is 0 Å². The third-order valence-electron chi connectivity index (χ3n) is 6.80. The molecule has 164 valence electrons. The number of β-amino-alcohol motifs (C(OH)–C–C–N with tert-alkyl or cyclic N) is 1. The Morgan fingerprint density at radius 1 is 1.31 bits per heavy atom. The normalized spacial score (nSPS) is 36.2. The first-order valence-corrected chi connectivity index (χ1v) is 11.9. The van der Waals surface area contributed by atoms with Crippen molar-refractivity contribution in [1.82, 2.24) is 15.5 Å². The number of hydrogen-bond donors (Lipinski definition) is 3. The lowest BCUT2D eigenvalue weighted by Gasteiger charge is -2.39. The van der Waals surface area contributed by atoms with E-state index in [0.717, 1.165) is 25.7 Å². The molecule has 7 nitrogen and oxygen atoms in total. The molecule has 7 atom stereocenters. The van der Waals surface area contributed by atoms with E-state index in [1.807, 2.05) is 13.8 Å². The summed E-state index contributed by atoms with van der Waals surface area (Å²) in [5, 5.41) is 15.7. The van der Waals surface area contributed by atoms with Crippen LogP contribution in [0.4, 0.5) is 0 Å². The maximum atomic E-state index is 13.5. The van der Waals surface area contributed by atoms with Gasteiger partial charge in [-0.05, 0) is 32.1 Å². The number of aliphatic hydroxyl groups excluding tert-OH is 1. The van der Waals surface area contributed by atoms with Crippen LogP contribution in [0.15, 0.2) is 0 Å². The zero-order valence-electron chi connectivity index (χ0n) is 17.9. The Labute approximate surface area is 177 Å². The highest BCUT2D eigenvalue weighted by Crippen LogP contribution is 2.68. The van der Waals surface area contributed by atoms with Crippen LogP contribution in [0.25, 0.3) is 0 Å². The molecular formula is C21H35N3O4S. The van der Waals surface area contributed by atoms with Gasteiger partial charge < -0.3 is 20.6 Å². The first-order chi connectivity index (χ1) is 13.8. The van der Waals surface area contributed by atoms with Crippen LogP contribution >= 0.6 is 11.8 Å². The maximum Gasteiger partial charge on any atom is 0.244 e. The summed E-state index contributed by atoms with van der Waals surface area (Å²) < 4.78 is -0.596. The van der Waals surface area contributed by atoms with Gasteiger partial charge in [-0.3, -0.25) is 14.4 Å². The Balaban J connectivity index is 1.95. The fourth-order valence-electron chi connectivity index (χ4n) is 5.66. The largest absolute Gasteiger partial charge is 0.395 e. The summed E-state index contributed by atoms with van der Waals surface area (Å²) in [5.41, 5.74) is 0. The van der Waals surface area contributed by atoms with Gasteiger partial charge in [-0.2, -0.15) is 0 Å². The van der Waals surface area contributed by atoms with E-state index in [1.165, 1.54) is 0 Å². The summed E-state index contributed by atoms with van der Waals surface area (Å²) in [6, 6.07) is -0.614. The van der Waals surface area contributed by atoms with Crippen molar-refractivity contribution in [1.29, 1.82) is 0 Å². The number of nitrogens with one attached hydrogen (secondary N) is 2. The minimum Gasteiger partial charge on any atom is -0.395 e. The summed E-state index contributed by atoms with van der Waals surface area (Å²) in [5.74, 6) is -1.11. The molecule has 4 unspecified atom stereocenters. The van der Waals surface area contributed by atoms with Crippen LogP contribution in [0, 0.1) is 17.8 Å². The van der Waals surface area contributed by atoms with Crippen molar-refractivity contribution in [2.45, 2.75) is 75.5 Å². The summed E-state index contributed by atoms with van der Waals surface area (Å²) in [6.45, 7) is 8.68. The van der Waals surface area contributed by atoms with Gasteiger partial charge in [0.05, 0.1) is 23.2 Å². The third kappa shape index (κ3) is 3.56. The highest BCUT2D eigenvalue weighted by atomic mass is 32.2. The minimum absolute atomic E-state index is 0.0246. The van der Waals surface area contributed by atoms with Crippen molar-refractivity contribution in [3.05, 3.63) is 0 Å². The number of amides is 3. The Kier molecular flexibility index (Phi) is 6.83. The standard InChI is InChI=1S/C21H35N3O4S/c1-5-7-13(4)23-19(27)17-21-12(3)11-14(29-21)15(18(26)22-8-6-2)16(21)20(28)24(17)9-10-25/h12-17,25H,5-11H2,1-4H3,(H,22,26)(H,23,27)/t12?,13?,14-,15+,16+,17?,21?/m1/s1. The maximum absolute atomic E-state index is 13.5. The van der Waals surface area contributed by atoms with E-state index >= 15 is 0 Å². The molecule has 3 heterocycles. The number of aliphatic hydroxyl groups is 1. The second-order valence-electron chi connectivity index (χ2n) is 8.80. The number of thioether (sulfide) groups is 1. The predicted molar refractivity (Wildman–Crippen MR) is 113 cm³/mol. The molecule has 8 heteroatoms. The Hall–Kier alpha value is -1.28. The summed E-state index contributed by atoms with van der Waals surface area (Å²) in [7, 11) is 0. The zero-order valence-corrected chi connectivity index (χ0v) is 18.8. The van der Waals surface area contributed by atoms with E-state index in [0.29, 0.717) is 6.54 Å². The van der Waals surface area contributed by atoms with Crippen LogP contribution in [-0.2, 0) is 14.4 Å². The first-order valence-electron chi connectivity index (χ1n) is 11.0. The van der Waals surface area contributed by atoms with Crippen LogP contribution in [-0.4, -0.2) is 69.5 Å². The number of likely N-dealkylation sites (tertiary alicyclic amines) is 1. The number of nitrogens with zero attached hydrogens (tertiary/aromatic N) is 1. The number of carbonyl (C=O) groups is 3. The molecule has 3 rings (SSSR count). The molecule has 0 aromatic heterocycles. The molecule has 3 amide bonds. The first kappa shape index (κ1) is 22.4. The second-order valence-corrected chi connectivity index (χ2v) is 10.3. The number of fused-ring (bicyclic) bond motifs is 1. The molecule has 3 N–H and O–H groups in total. The molecule has 0 radical (unpaired) electrons. The predicted octanol–water partition coefficient (Wildman–Crippen LogP) is 1.15. The molecule has 29 heavy (non-hydrogen) atoms. The van der Waals surface area contributed by atoms with E-state index in [-0.39, 0.29) is 48.1 Å². The summed E-state index contributed by atoms with van der Waals surface area (Å²) in [4.78, 5) is 41.3. The van der Waals surface area contributed by atoms with E-state index in [1.54, 1.807) is 16.7 Å². The molecular weight excluding hydrogens is 390 g/mol. The monoisotopic (exact) mass is 425 g/mol. The van der Waals surface area contributed by atoms with Gasteiger partial charge in [0.25, 0.3) is 0 Å². The average Bonchev–Trinajstić information content (AvgIpc) is 3.24. The van der Waals surface area contributed by atoms with Gasteiger partial charge in [-0.25, -0.2) is 0 Å². The molecule has 0 aromatic carbocycles.